The van der Waals surface area contributed by atoms with Crippen molar-refractivity contribution in [2.75, 3.05) is 0 Å². The van der Waals surface area contributed by atoms with Gasteiger partial charge >= 0.3 is 0 Å². The highest BCUT2D eigenvalue weighted by Crippen LogP contribution is 2.38. The first kappa shape index (κ1) is 11.7. The van der Waals surface area contributed by atoms with Crippen molar-refractivity contribution >= 4 is 15.9 Å². The fourth-order valence-corrected chi connectivity index (χ4v) is 1.86. The lowest BCUT2D eigenvalue weighted by molar-refractivity contribution is 0.0393. The predicted molar refractivity (Wildman–Crippen MR) is 59.9 cm³/mol. The molecule has 0 aliphatic heterocycles. The molecule has 0 radical (unpaired) electrons. The average molecular weight is 261 g/mol. The molecule has 0 aliphatic carbocycles. The van der Waals surface area contributed by atoms with Crippen molar-refractivity contribution < 1.29 is 5.11 Å². The Balaban J connectivity index is 3.06. The van der Waals surface area contributed by atoms with E-state index in [0.29, 0.717) is 0 Å². The fourth-order valence-electron chi connectivity index (χ4n) is 1.29. The number of aryl methyl sites for hydroxylation is 1. The third-order valence-electron chi connectivity index (χ3n) is 2.85. The van der Waals surface area contributed by atoms with Crippen LogP contribution in [0.2, 0.25) is 0 Å². The third kappa shape index (κ3) is 2.01. The predicted octanol–water partition coefficient (Wildman–Crippen LogP) is 2.65. The minimum absolute atomic E-state index is 0.129. The third-order valence-corrected chi connectivity index (χ3v) is 3.46. The van der Waals surface area contributed by atoms with Gasteiger partial charge in [0.25, 0.3) is 0 Å². The molecule has 0 saturated carbocycles. The maximum Gasteiger partial charge on any atom is 0.102 e. The van der Waals surface area contributed by atoms with Crippen LogP contribution in [-0.2, 0) is 7.05 Å². The van der Waals surface area contributed by atoms with Crippen molar-refractivity contribution in [1.29, 1.82) is 0 Å². The Hall–Kier alpha value is -0.350. The van der Waals surface area contributed by atoms with Crippen LogP contribution in [0.25, 0.3) is 0 Å². The number of aromatic nitrogens is 2. The molecule has 1 atom stereocenters. The molecule has 1 aromatic heterocycles. The fraction of sp³-hybridized carbons (Fsp3) is 0.700. The van der Waals surface area contributed by atoms with Gasteiger partial charge in [0.05, 0.1) is 16.4 Å². The highest BCUT2D eigenvalue weighted by atomic mass is 79.9. The molecule has 1 unspecified atom stereocenters. The second kappa shape index (κ2) is 4.03. The van der Waals surface area contributed by atoms with E-state index >= 15 is 0 Å². The smallest absolute Gasteiger partial charge is 0.102 e. The first-order valence-corrected chi connectivity index (χ1v) is 5.55. The van der Waals surface area contributed by atoms with E-state index in [1.54, 1.807) is 10.9 Å². The van der Waals surface area contributed by atoms with Crippen LogP contribution in [0.1, 0.15) is 39.0 Å². The Morgan fingerprint density at radius 2 is 2.21 bits per heavy atom. The van der Waals surface area contributed by atoms with Gasteiger partial charge in [0, 0.05) is 7.05 Å². The summed E-state index contributed by atoms with van der Waals surface area (Å²) in [5, 5.41) is 14.3. The van der Waals surface area contributed by atoms with Gasteiger partial charge in [-0.05, 0) is 27.8 Å². The first-order chi connectivity index (χ1) is 6.40. The van der Waals surface area contributed by atoms with Crippen molar-refractivity contribution in [3.05, 3.63) is 16.4 Å². The number of aliphatic hydroxyl groups excluding tert-OH is 1. The Morgan fingerprint density at radius 3 is 2.57 bits per heavy atom. The molecule has 0 aromatic carbocycles. The molecule has 80 valence electrons. The zero-order chi connectivity index (χ0) is 10.9. The number of halogens is 1. The van der Waals surface area contributed by atoms with Gasteiger partial charge < -0.3 is 5.11 Å². The summed E-state index contributed by atoms with van der Waals surface area (Å²) in [5.41, 5.74) is 0.716. The van der Waals surface area contributed by atoms with Gasteiger partial charge in [-0.25, -0.2) is 0 Å². The van der Waals surface area contributed by atoms with Crippen LogP contribution in [0.4, 0.5) is 0 Å². The monoisotopic (exact) mass is 260 g/mol. The summed E-state index contributed by atoms with van der Waals surface area (Å²) in [7, 11) is 1.84. The summed E-state index contributed by atoms with van der Waals surface area (Å²) >= 11 is 3.40. The quantitative estimate of drug-likeness (QED) is 0.908. The molecular weight excluding hydrogens is 244 g/mol. The topological polar surface area (TPSA) is 38.1 Å². The molecule has 0 fully saturated rings. The highest BCUT2D eigenvalue weighted by molar-refractivity contribution is 9.10. The Labute approximate surface area is 93.3 Å². The summed E-state index contributed by atoms with van der Waals surface area (Å²) in [5.74, 6) is 0. The largest absolute Gasteiger partial charge is 0.386 e. The van der Waals surface area contributed by atoms with E-state index < -0.39 is 6.10 Å². The van der Waals surface area contributed by atoms with Gasteiger partial charge in [-0.15, -0.1) is 0 Å². The van der Waals surface area contributed by atoms with Gasteiger partial charge in [0.1, 0.15) is 6.10 Å². The highest BCUT2D eigenvalue weighted by Gasteiger charge is 2.30. The molecule has 0 aliphatic rings. The van der Waals surface area contributed by atoms with Crippen LogP contribution in [0, 0.1) is 5.41 Å². The normalized spacial score (nSPS) is 14.4. The lowest BCUT2D eigenvalue weighted by atomic mass is 9.82. The molecule has 4 heteroatoms. The van der Waals surface area contributed by atoms with E-state index in [1.165, 1.54) is 0 Å². The van der Waals surface area contributed by atoms with E-state index in [1.807, 2.05) is 7.05 Å². The first-order valence-electron chi connectivity index (χ1n) is 4.75. The van der Waals surface area contributed by atoms with E-state index in [2.05, 4.69) is 41.8 Å². The minimum atomic E-state index is -0.491. The lowest BCUT2D eigenvalue weighted by Gasteiger charge is -2.29. The maximum absolute atomic E-state index is 10.2. The molecule has 1 N–H and O–H groups in total. The molecule has 0 spiro atoms. The van der Waals surface area contributed by atoms with E-state index in [0.717, 1.165) is 16.6 Å². The molecule has 14 heavy (non-hydrogen) atoms. The lowest BCUT2D eigenvalue weighted by Crippen LogP contribution is -2.23. The van der Waals surface area contributed by atoms with Crippen LogP contribution >= 0.6 is 15.9 Å². The average Bonchev–Trinajstić information content (AvgIpc) is 2.45. The van der Waals surface area contributed by atoms with Crippen molar-refractivity contribution in [1.82, 2.24) is 9.78 Å². The molecule has 0 saturated heterocycles. The second-order valence-electron chi connectivity index (χ2n) is 4.25. The van der Waals surface area contributed by atoms with Gasteiger partial charge in [-0.1, -0.05) is 20.8 Å². The Bertz CT molecular complexity index is 300. The summed E-state index contributed by atoms with van der Waals surface area (Å²) < 4.78 is 2.58. The van der Waals surface area contributed by atoms with Crippen molar-refractivity contribution in [3.63, 3.8) is 0 Å². The number of hydrogen-bond acceptors (Lipinski definition) is 2. The van der Waals surface area contributed by atoms with E-state index in [9.17, 15) is 5.11 Å². The number of rotatable bonds is 3. The number of aliphatic hydroxyl groups is 1. The van der Waals surface area contributed by atoms with Crippen LogP contribution in [0.3, 0.4) is 0 Å². The zero-order valence-electron chi connectivity index (χ0n) is 9.08. The van der Waals surface area contributed by atoms with Crippen LogP contribution in [-0.4, -0.2) is 14.9 Å². The van der Waals surface area contributed by atoms with Crippen molar-refractivity contribution in [3.8, 4) is 0 Å². The molecular formula is C10H17BrN2O. The maximum atomic E-state index is 10.2. The minimum Gasteiger partial charge on any atom is -0.386 e. The van der Waals surface area contributed by atoms with Gasteiger partial charge in [-0.2, -0.15) is 5.10 Å². The molecule has 1 heterocycles. The summed E-state index contributed by atoms with van der Waals surface area (Å²) in [4.78, 5) is 0. The number of nitrogens with zero attached hydrogens (tertiary/aromatic N) is 2. The van der Waals surface area contributed by atoms with Crippen LogP contribution < -0.4 is 0 Å². The SMILES string of the molecule is CCC(C)(C)C(O)c1c(Br)cnn1C. The van der Waals surface area contributed by atoms with Crippen LogP contribution in [0.15, 0.2) is 10.7 Å². The standard InChI is InChI=1S/C10H17BrN2O/c1-5-10(2,3)9(14)8-7(11)6-12-13(8)4/h6,9,14H,5H2,1-4H3. The molecule has 3 nitrogen and oxygen atoms in total. The van der Waals surface area contributed by atoms with Crippen LogP contribution in [0.5, 0.6) is 0 Å². The molecule has 0 bridgehead atoms. The van der Waals surface area contributed by atoms with Crippen molar-refractivity contribution in [2.45, 2.75) is 33.3 Å². The van der Waals surface area contributed by atoms with Gasteiger partial charge in [0.15, 0.2) is 0 Å². The van der Waals surface area contributed by atoms with Crippen molar-refractivity contribution in [2.24, 2.45) is 12.5 Å². The second-order valence-corrected chi connectivity index (χ2v) is 5.10. The van der Waals surface area contributed by atoms with Gasteiger partial charge in [0.2, 0.25) is 0 Å². The Morgan fingerprint density at radius 1 is 1.64 bits per heavy atom. The number of hydrogen-bond donors (Lipinski definition) is 1. The molecule has 1 aromatic rings. The van der Waals surface area contributed by atoms with E-state index in [-0.39, 0.29) is 5.41 Å². The van der Waals surface area contributed by atoms with E-state index in [4.69, 9.17) is 0 Å². The summed E-state index contributed by atoms with van der Waals surface area (Å²) in [6.07, 6.45) is 2.14. The summed E-state index contributed by atoms with van der Waals surface area (Å²) in [6, 6.07) is 0. The molecule has 0 amide bonds. The van der Waals surface area contributed by atoms with Gasteiger partial charge in [-0.3, -0.25) is 4.68 Å². The zero-order valence-corrected chi connectivity index (χ0v) is 10.7. The summed E-state index contributed by atoms with van der Waals surface area (Å²) in [6.45, 7) is 6.18. The Kier molecular flexibility index (Phi) is 3.37. The molecule has 1 rings (SSSR count).